The predicted molar refractivity (Wildman–Crippen MR) is 113 cm³/mol. The van der Waals surface area contributed by atoms with Gasteiger partial charge in [-0.05, 0) is 41.1 Å². The third kappa shape index (κ3) is 4.04. The van der Waals surface area contributed by atoms with Gasteiger partial charge in [-0.3, -0.25) is 4.79 Å². The summed E-state index contributed by atoms with van der Waals surface area (Å²) in [5.74, 6) is 2.42. The summed E-state index contributed by atoms with van der Waals surface area (Å²) in [5.41, 5.74) is 1.23. The maximum atomic E-state index is 12.6. The molecule has 0 spiro atoms. The number of benzene rings is 3. The fraction of sp³-hybridized carbons (Fsp3) is 0.292. The first-order valence-electron chi connectivity index (χ1n) is 10.4. The highest BCUT2D eigenvalue weighted by Gasteiger charge is 2.24. The maximum Gasteiger partial charge on any atom is 0.260 e. The van der Waals surface area contributed by atoms with E-state index in [-0.39, 0.29) is 12.5 Å². The first-order chi connectivity index (χ1) is 14.7. The summed E-state index contributed by atoms with van der Waals surface area (Å²) in [6.07, 6.45) is 0. The fourth-order valence-corrected chi connectivity index (χ4v) is 4.08. The van der Waals surface area contributed by atoms with Gasteiger partial charge in [-0.15, -0.1) is 0 Å². The minimum Gasteiger partial charge on any atom is -0.484 e. The molecule has 0 saturated carbocycles. The number of rotatable bonds is 5. The first-order valence-corrected chi connectivity index (χ1v) is 10.4. The Balaban J connectivity index is 1.11. The van der Waals surface area contributed by atoms with Crippen LogP contribution in [0.25, 0.3) is 10.8 Å². The number of nitrogens with zero attached hydrogens (tertiary/aromatic N) is 1. The Morgan fingerprint density at radius 3 is 2.60 bits per heavy atom. The Labute approximate surface area is 175 Å². The zero-order valence-electron chi connectivity index (χ0n) is 16.8. The molecule has 2 heterocycles. The van der Waals surface area contributed by atoms with Crippen LogP contribution < -0.4 is 19.1 Å². The molecule has 2 aliphatic heterocycles. The number of amides is 1. The minimum absolute atomic E-state index is 0.0466. The normalized spacial score (nSPS) is 16.1. The fourth-order valence-electron chi connectivity index (χ4n) is 4.08. The van der Waals surface area contributed by atoms with E-state index in [1.807, 2.05) is 47.4 Å². The average molecular weight is 405 g/mol. The Bertz CT molecular complexity index is 1060. The number of ether oxygens (including phenoxy) is 3. The van der Waals surface area contributed by atoms with Crippen LogP contribution in [0.2, 0.25) is 0 Å². The van der Waals surface area contributed by atoms with Crippen molar-refractivity contribution >= 4 is 16.7 Å². The molecule has 5 rings (SSSR count). The molecule has 1 fully saturated rings. The molecule has 0 unspecified atom stereocenters. The molecule has 6 heteroatoms. The third-order valence-electron chi connectivity index (χ3n) is 5.80. The van der Waals surface area contributed by atoms with Gasteiger partial charge in [0.05, 0.1) is 26.2 Å². The lowest BCUT2D eigenvalue weighted by atomic mass is 10.1. The molecule has 0 bridgehead atoms. The Hall–Kier alpha value is -3.25. The second-order valence-electron chi connectivity index (χ2n) is 7.79. The summed E-state index contributed by atoms with van der Waals surface area (Å²) in [4.78, 5) is 16.0. The molecule has 0 radical (unpaired) electrons. The number of piperazine rings is 1. The third-order valence-corrected chi connectivity index (χ3v) is 5.80. The van der Waals surface area contributed by atoms with Crippen LogP contribution in [0.5, 0.6) is 17.2 Å². The molecule has 3 aromatic rings. The minimum atomic E-state index is 0.0466. The van der Waals surface area contributed by atoms with Crippen LogP contribution in [-0.2, 0) is 11.3 Å². The van der Waals surface area contributed by atoms with Crippen molar-refractivity contribution in [3.05, 3.63) is 66.2 Å². The van der Waals surface area contributed by atoms with Gasteiger partial charge in [-0.25, -0.2) is 0 Å². The van der Waals surface area contributed by atoms with Crippen molar-refractivity contribution < 1.29 is 23.9 Å². The van der Waals surface area contributed by atoms with Crippen LogP contribution in [-0.4, -0.2) is 50.4 Å². The molecular weight excluding hydrogens is 380 g/mol. The monoisotopic (exact) mass is 405 g/mol. The molecule has 1 saturated heterocycles. The van der Waals surface area contributed by atoms with Crippen LogP contribution in [0.3, 0.4) is 0 Å². The summed E-state index contributed by atoms with van der Waals surface area (Å²) < 4.78 is 16.6. The number of nitrogens with one attached hydrogen (secondary N) is 1. The molecule has 1 amide bonds. The zero-order valence-corrected chi connectivity index (χ0v) is 16.8. The smallest absolute Gasteiger partial charge is 0.260 e. The Kier molecular flexibility index (Phi) is 5.15. The average Bonchev–Trinajstić information content (AvgIpc) is 3.26. The standard InChI is InChI=1S/C24H24N2O4/c27-24(16-28-21-7-6-19-3-1-2-4-20(19)14-21)26-11-9-25(10-12-26)15-18-5-8-22-23(13-18)30-17-29-22/h1-8,13-14H,9-12,15-17H2/p+1. The van der Waals surface area contributed by atoms with Crippen LogP contribution in [0.4, 0.5) is 0 Å². The lowest BCUT2D eigenvalue weighted by Crippen LogP contribution is -3.13. The van der Waals surface area contributed by atoms with E-state index < -0.39 is 0 Å². The maximum absolute atomic E-state index is 12.6. The van der Waals surface area contributed by atoms with E-state index in [2.05, 4.69) is 18.2 Å². The van der Waals surface area contributed by atoms with E-state index in [0.717, 1.165) is 60.7 Å². The number of hydrogen-bond donors (Lipinski definition) is 1. The van der Waals surface area contributed by atoms with E-state index in [1.54, 1.807) is 0 Å². The van der Waals surface area contributed by atoms with Crippen LogP contribution in [0.1, 0.15) is 5.56 Å². The van der Waals surface area contributed by atoms with Gasteiger partial charge < -0.3 is 24.0 Å². The summed E-state index contributed by atoms with van der Waals surface area (Å²) in [5, 5.41) is 2.28. The second-order valence-corrected chi connectivity index (χ2v) is 7.79. The number of fused-ring (bicyclic) bond motifs is 2. The van der Waals surface area contributed by atoms with Crippen molar-refractivity contribution in [2.75, 3.05) is 39.6 Å². The van der Waals surface area contributed by atoms with Gasteiger partial charge in [0, 0.05) is 5.56 Å². The van der Waals surface area contributed by atoms with Crippen molar-refractivity contribution in [3.63, 3.8) is 0 Å². The Morgan fingerprint density at radius 1 is 0.933 bits per heavy atom. The van der Waals surface area contributed by atoms with E-state index in [1.165, 1.54) is 10.5 Å². The quantitative estimate of drug-likeness (QED) is 0.704. The molecule has 2 aliphatic rings. The van der Waals surface area contributed by atoms with Gasteiger partial charge >= 0.3 is 0 Å². The van der Waals surface area contributed by atoms with Crippen LogP contribution >= 0.6 is 0 Å². The number of quaternary nitrogens is 1. The van der Waals surface area contributed by atoms with E-state index in [4.69, 9.17) is 14.2 Å². The van der Waals surface area contributed by atoms with Crippen LogP contribution in [0.15, 0.2) is 60.7 Å². The zero-order chi connectivity index (χ0) is 20.3. The molecule has 0 aromatic heterocycles. The molecule has 6 nitrogen and oxygen atoms in total. The van der Waals surface area contributed by atoms with Crippen molar-refractivity contribution in [1.29, 1.82) is 0 Å². The molecule has 0 aliphatic carbocycles. The lowest BCUT2D eigenvalue weighted by molar-refractivity contribution is -0.917. The van der Waals surface area contributed by atoms with Gasteiger partial charge in [0.15, 0.2) is 18.1 Å². The number of carbonyl (C=O) groups is 1. The predicted octanol–water partition coefficient (Wildman–Crippen LogP) is 1.87. The highest BCUT2D eigenvalue weighted by atomic mass is 16.7. The summed E-state index contributed by atoms with van der Waals surface area (Å²) >= 11 is 0. The largest absolute Gasteiger partial charge is 0.484 e. The van der Waals surface area contributed by atoms with Gasteiger partial charge in [0.1, 0.15) is 12.3 Å². The first kappa shape index (κ1) is 18.8. The van der Waals surface area contributed by atoms with Crippen molar-refractivity contribution in [2.45, 2.75) is 6.54 Å². The van der Waals surface area contributed by atoms with E-state index in [9.17, 15) is 4.79 Å². The highest BCUT2D eigenvalue weighted by Crippen LogP contribution is 2.32. The van der Waals surface area contributed by atoms with E-state index >= 15 is 0 Å². The summed E-state index contributed by atoms with van der Waals surface area (Å²) in [6.45, 7) is 4.65. The second kappa shape index (κ2) is 8.24. The number of hydrogen-bond acceptors (Lipinski definition) is 4. The van der Waals surface area contributed by atoms with Gasteiger partial charge in [0.25, 0.3) is 5.91 Å². The molecule has 154 valence electrons. The van der Waals surface area contributed by atoms with E-state index in [0.29, 0.717) is 6.79 Å². The van der Waals surface area contributed by atoms with Crippen LogP contribution in [0, 0.1) is 0 Å². The molecule has 0 atom stereocenters. The molecule has 1 N–H and O–H groups in total. The number of carbonyl (C=O) groups excluding carboxylic acids is 1. The van der Waals surface area contributed by atoms with Crippen molar-refractivity contribution in [3.8, 4) is 17.2 Å². The SMILES string of the molecule is O=C(COc1ccc2ccccc2c1)N1CC[NH+](Cc2ccc3c(c2)OCO3)CC1. The topological polar surface area (TPSA) is 52.4 Å². The molecule has 30 heavy (non-hydrogen) atoms. The van der Waals surface area contributed by atoms with Crippen molar-refractivity contribution in [2.24, 2.45) is 0 Å². The summed E-state index contributed by atoms with van der Waals surface area (Å²) in [7, 11) is 0. The van der Waals surface area contributed by atoms with Gasteiger partial charge in [0.2, 0.25) is 6.79 Å². The summed E-state index contributed by atoms with van der Waals surface area (Å²) in [6, 6.07) is 20.2. The molecule has 3 aromatic carbocycles. The molecular formula is C24H25N2O4+. The highest BCUT2D eigenvalue weighted by molar-refractivity contribution is 5.84. The van der Waals surface area contributed by atoms with Gasteiger partial charge in [-0.1, -0.05) is 30.3 Å². The van der Waals surface area contributed by atoms with Crippen molar-refractivity contribution in [1.82, 2.24) is 4.90 Å². The lowest BCUT2D eigenvalue weighted by Gasteiger charge is -2.32. The van der Waals surface area contributed by atoms with Gasteiger partial charge in [-0.2, -0.15) is 0 Å². The Morgan fingerprint density at radius 2 is 1.73 bits per heavy atom.